The van der Waals surface area contributed by atoms with Crippen LogP contribution in [0.25, 0.3) is 0 Å². The van der Waals surface area contributed by atoms with Gasteiger partial charge in [0.2, 0.25) is 6.23 Å². The van der Waals surface area contributed by atoms with Crippen molar-refractivity contribution >= 4 is 17.4 Å². The highest BCUT2D eigenvalue weighted by molar-refractivity contribution is 6.30. The topological polar surface area (TPSA) is 24.8 Å². The smallest absolute Gasteiger partial charge is 0.227 e. The molecule has 0 aromatic heterocycles. The van der Waals surface area contributed by atoms with Crippen LogP contribution in [-0.2, 0) is 4.84 Å². The molecular formula is C18H19ClN2O. The Kier molecular flexibility index (Phi) is 3.83. The molecule has 1 heterocycles. The maximum absolute atomic E-state index is 5.99. The summed E-state index contributed by atoms with van der Waals surface area (Å²) in [5, 5.41) is 5.06. The van der Waals surface area contributed by atoms with E-state index in [4.69, 9.17) is 16.4 Å². The average molecular weight is 315 g/mol. The summed E-state index contributed by atoms with van der Waals surface area (Å²) in [6, 6.07) is 17.8. The van der Waals surface area contributed by atoms with Crippen molar-refractivity contribution in [2.75, 3.05) is 0 Å². The van der Waals surface area contributed by atoms with E-state index in [0.29, 0.717) is 5.02 Å². The molecule has 0 radical (unpaired) electrons. The zero-order valence-electron chi connectivity index (χ0n) is 13.0. The molecule has 0 aliphatic carbocycles. The molecule has 114 valence electrons. The largest absolute Gasteiger partial charge is 0.363 e. The van der Waals surface area contributed by atoms with Gasteiger partial charge >= 0.3 is 0 Å². The maximum Gasteiger partial charge on any atom is 0.227 e. The second kappa shape index (κ2) is 5.65. The van der Waals surface area contributed by atoms with Gasteiger partial charge in [-0.25, -0.2) is 0 Å². The first-order valence-corrected chi connectivity index (χ1v) is 7.68. The van der Waals surface area contributed by atoms with Crippen LogP contribution < -0.4 is 0 Å². The molecule has 3 nitrogen and oxygen atoms in total. The number of rotatable bonds is 2. The van der Waals surface area contributed by atoms with Crippen LogP contribution >= 0.6 is 11.6 Å². The maximum atomic E-state index is 5.99. The number of amidine groups is 1. The third-order valence-corrected chi connectivity index (χ3v) is 3.86. The molecule has 0 bridgehead atoms. The molecule has 0 saturated heterocycles. The van der Waals surface area contributed by atoms with Crippen molar-refractivity contribution in [2.24, 2.45) is 5.16 Å². The second-order valence-corrected chi connectivity index (χ2v) is 6.77. The van der Waals surface area contributed by atoms with Crippen molar-refractivity contribution in [2.45, 2.75) is 32.5 Å². The summed E-state index contributed by atoms with van der Waals surface area (Å²) in [6.45, 7) is 6.47. The van der Waals surface area contributed by atoms with E-state index in [0.717, 1.165) is 17.0 Å². The Labute approximate surface area is 136 Å². The van der Waals surface area contributed by atoms with Gasteiger partial charge in [0.25, 0.3) is 0 Å². The van der Waals surface area contributed by atoms with Crippen molar-refractivity contribution in [1.82, 2.24) is 4.90 Å². The lowest BCUT2D eigenvalue weighted by atomic mass is 10.0. The second-order valence-electron chi connectivity index (χ2n) is 6.33. The number of halogens is 1. The fourth-order valence-corrected chi connectivity index (χ4v) is 2.71. The van der Waals surface area contributed by atoms with E-state index in [1.807, 2.05) is 54.6 Å². The van der Waals surface area contributed by atoms with Crippen LogP contribution in [0.1, 0.15) is 38.1 Å². The Hall–Kier alpha value is -2.00. The predicted molar refractivity (Wildman–Crippen MR) is 89.8 cm³/mol. The fraction of sp³-hybridized carbons (Fsp3) is 0.278. The van der Waals surface area contributed by atoms with Gasteiger partial charge in [0, 0.05) is 21.7 Å². The van der Waals surface area contributed by atoms with Gasteiger partial charge in [-0.15, -0.1) is 0 Å². The summed E-state index contributed by atoms with van der Waals surface area (Å²) < 4.78 is 0. The van der Waals surface area contributed by atoms with Gasteiger partial charge in [-0.3, -0.25) is 0 Å². The summed E-state index contributed by atoms with van der Waals surface area (Å²) in [5.41, 5.74) is 1.96. The lowest BCUT2D eigenvalue weighted by molar-refractivity contribution is -0.0238. The van der Waals surface area contributed by atoms with Crippen molar-refractivity contribution in [1.29, 1.82) is 0 Å². The van der Waals surface area contributed by atoms with Crippen LogP contribution in [0.4, 0.5) is 0 Å². The van der Waals surface area contributed by atoms with Gasteiger partial charge < -0.3 is 9.74 Å². The zero-order chi connectivity index (χ0) is 15.7. The van der Waals surface area contributed by atoms with Crippen molar-refractivity contribution in [3.05, 3.63) is 70.7 Å². The van der Waals surface area contributed by atoms with Crippen molar-refractivity contribution in [3.63, 3.8) is 0 Å². The van der Waals surface area contributed by atoms with Gasteiger partial charge in [-0.1, -0.05) is 59.2 Å². The van der Waals surface area contributed by atoms with Crippen LogP contribution in [0.15, 0.2) is 59.8 Å². The summed E-state index contributed by atoms with van der Waals surface area (Å²) in [4.78, 5) is 7.96. The molecular weight excluding hydrogens is 296 g/mol. The SMILES string of the molecule is CC(C)(C)N1C(c2ccccc2)=NO[C@H]1c1ccc(Cl)cc1. The Balaban J connectivity index is 1.99. The fourth-order valence-electron chi connectivity index (χ4n) is 2.59. The van der Waals surface area contributed by atoms with E-state index in [1.54, 1.807) is 0 Å². The minimum atomic E-state index is -0.243. The third kappa shape index (κ3) is 2.81. The van der Waals surface area contributed by atoms with E-state index in [-0.39, 0.29) is 11.8 Å². The minimum absolute atomic E-state index is 0.129. The van der Waals surface area contributed by atoms with Crippen LogP contribution in [0, 0.1) is 0 Å². The molecule has 3 rings (SSSR count). The summed E-state index contributed by atoms with van der Waals surface area (Å²) in [7, 11) is 0. The van der Waals surface area contributed by atoms with Crippen LogP contribution in [0.5, 0.6) is 0 Å². The Morgan fingerprint density at radius 3 is 2.23 bits per heavy atom. The molecule has 2 aromatic rings. The van der Waals surface area contributed by atoms with E-state index in [1.165, 1.54) is 0 Å². The number of oxime groups is 1. The van der Waals surface area contributed by atoms with E-state index < -0.39 is 0 Å². The lowest BCUT2D eigenvalue weighted by Gasteiger charge is -2.37. The molecule has 0 unspecified atom stereocenters. The normalized spacial score (nSPS) is 18.1. The molecule has 1 aliphatic heterocycles. The Bertz CT molecular complexity index is 674. The molecule has 0 N–H and O–H groups in total. The predicted octanol–water partition coefficient (Wildman–Crippen LogP) is 4.83. The molecule has 0 spiro atoms. The van der Waals surface area contributed by atoms with Crippen molar-refractivity contribution < 1.29 is 4.84 Å². The monoisotopic (exact) mass is 314 g/mol. The Morgan fingerprint density at radius 1 is 1.00 bits per heavy atom. The van der Waals surface area contributed by atoms with E-state index in [9.17, 15) is 0 Å². The quantitative estimate of drug-likeness (QED) is 0.793. The number of benzene rings is 2. The highest BCUT2D eigenvalue weighted by atomic mass is 35.5. The number of hydrogen-bond donors (Lipinski definition) is 0. The minimum Gasteiger partial charge on any atom is -0.363 e. The Morgan fingerprint density at radius 2 is 1.64 bits per heavy atom. The third-order valence-electron chi connectivity index (χ3n) is 3.61. The van der Waals surface area contributed by atoms with E-state index >= 15 is 0 Å². The summed E-state index contributed by atoms with van der Waals surface area (Å²) in [6.07, 6.45) is -0.243. The van der Waals surface area contributed by atoms with E-state index in [2.05, 4.69) is 30.8 Å². The van der Waals surface area contributed by atoms with Crippen LogP contribution in [0.3, 0.4) is 0 Å². The highest BCUT2D eigenvalue weighted by Gasteiger charge is 2.39. The molecule has 0 fully saturated rings. The molecule has 1 aliphatic rings. The number of nitrogens with zero attached hydrogens (tertiary/aromatic N) is 2. The summed E-state index contributed by atoms with van der Waals surface area (Å²) in [5.74, 6) is 0.855. The summed E-state index contributed by atoms with van der Waals surface area (Å²) >= 11 is 5.99. The molecule has 4 heteroatoms. The molecule has 0 amide bonds. The average Bonchev–Trinajstić information content (AvgIpc) is 2.94. The van der Waals surface area contributed by atoms with Crippen LogP contribution in [-0.4, -0.2) is 16.3 Å². The van der Waals surface area contributed by atoms with Gasteiger partial charge in [-0.05, 0) is 32.9 Å². The molecule has 22 heavy (non-hydrogen) atoms. The van der Waals surface area contributed by atoms with Gasteiger partial charge in [0.1, 0.15) is 0 Å². The molecule has 1 atom stereocenters. The van der Waals surface area contributed by atoms with Gasteiger partial charge in [0.15, 0.2) is 5.84 Å². The van der Waals surface area contributed by atoms with Gasteiger partial charge in [-0.2, -0.15) is 0 Å². The molecule has 2 aromatic carbocycles. The molecule has 0 saturated carbocycles. The first-order chi connectivity index (χ1) is 10.5. The number of hydrogen-bond acceptors (Lipinski definition) is 3. The first-order valence-electron chi connectivity index (χ1n) is 7.31. The van der Waals surface area contributed by atoms with Gasteiger partial charge in [0.05, 0.1) is 0 Å². The van der Waals surface area contributed by atoms with Crippen LogP contribution in [0.2, 0.25) is 5.02 Å². The lowest BCUT2D eigenvalue weighted by Crippen LogP contribution is -2.45. The standard InChI is InChI=1S/C18H19ClN2O/c1-18(2,3)21-16(13-7-5-4-6-8-13)20-22-17(21)14-9-11-15(19)12-10-14/h4-12,17H,1-3H3/t17-/m0/s1. The van der Waals surface area contributed by atoms with Crippen molar-refractivity contribution in [3.8, 4) is 0 Å². The zero-order valence-corrected chi connectivity index (χ0v) is 13.7. The first kappa shape index (κ1) is 14.9. The highest BCUT2D eigenvalue weighted by Crippen LogP contribution is 2.36.